The Labute approximate surface area is 431 Å². The van der Waals surface area contributed by atoms with E-state index in [2.05, 4.69) is 160 Å². The first-order valence-electron chi connectivity index (χ1n) is 28.4. The fraction of sp³-hybridized carbons (Fsp3) is 0.600. The Hall–Kier alpha value is -4.22. The Morgan fingerprint density at radius 1 is 0.343 bits per heavy atom. The van der Waals surface area contributed by atoms with Gasteiger partial charge in [0.25, 0.3) is 0 Å². The van der Waals surface area contributed by atoms with Crippen LogP contribution in [0.1, 0.15) is 232 Å². The van der Waals surface area contributed by atoms with Gasteiger partial charge in [-0.15, -0.1) is 0 Å². The summed E-state index contributed by atoms with van der Waals surface area (Å²) in [5, 5.41) is 9.64. The molecule has 0 saturated carbocycles. The summed E-state index contributed by atoms with van der Waals surface area (Å²) in [4.78, 5) is 24.5. The molecular weight excluding hydrogens is 861 g/mol. The van der Waals surface area contributed by atoms with Crippen molar-refractivity contribution in [3.8, 4) is 0 Å². The summed E-state index contributed by atoms with van der Waals surface area (Å²) < 4.78 is 10.7. The van der Waals surface area contributed by atoms with Gasteiger partial charge in [0.2, 0.25) is 0 Å². The fourth-order valence-corrected chi connectivity index (χ4v) is 7.38. The van der Waals surface area contributed by atoms with Gasteiger partial charge in [0.15, 0.2) is 6.10 Å². The summed E-state index contributed by atoms with van der Waals surface area (Å²) in [6.45, 7) is 3.99. The van der Waals surface area contributed by atoms with E-state index < -0.39 is 6.10 Å². The van der Waals surface area contributed by atoms with Gasteiger partial charge in [-0.05, 0) is 122 Å². The Morgan fingerprint density at radius 2 is 0.614 bits per heavy atom. The fourth-order valence-electron chi connectivity index (χ4n) is 7.38. The Morgan fingerprint density at radius 3 is 0.957 bits per heavy atom. The maximum absolute atomic E-state index is 12.3. The van der Waals surface area contributed by atoms with Crippen molar-refractivity contribution in [1.29, 1.82) is 0 Å². The second-order valence-corrected chi connectivity index (χ2v) is 18.3. The molecule has 1 atom stereocenters. The molecule has 0 bridgehead atoms. The van der Waals surface area contributed by atoms with Gasteiger partial charge in [0.05, 0.1) is 6.61 Å². The van der Waals surface area contributed by atoms with E-state index in [-0.39, 0.29) is 25.2 Å². The molecule has 0 aliphatic carbocycles. The van der Waals surface area contributed by atoms with Crippen molar-refractivity contribution in [1.82, 2.24) is 0 Å². The summed E-state index contributed by atoms with van der Waals surface area (Å²) in [5.74, 6) is -0.639. The van der Waals surface area contributed by atoms with Crippen LogP contribution in [0.15, 0.2) is 146 Å². The maximum Gasteiger partial charge on any atom is 0.306 e. The zero-order valence-corrected chi connectivity index (χ0v) is 45.0. The van der Waals surface area contributed by atoms with Crippen molar-refractivity contribution in [3.63, 3.8) is 0 Å². The monoisotopic (exact) mass is 965 g/mol. The van der Waals surface area contributed by atoms with Crippen LogP contribution >= 0.6 is 0 Å². The second kappa shape index (κ2) is 59.1. The Balaban J connectivity index is 3.68. The van der Waals surface area contributed by atoms with Gasteiger partial charge in [-0.3, -0.25) is 9.59 Å². The highest BCUT2D eigenvalue weighted by molar-refractivity contribution is 5.70. The highest BCUT2D eigenvalue weighted by Gasteiger charge is 2.16. The van der Waals surface area contributed by atoms with E-state index in [1.165, 1.54) is 89.9 Å². The summed E-state index contributed by atoms with van der Waals surface area (Å²) in [5.41, 5.74) is 0. The number of rotatable bonds is 50. The number of aliphatic hydroxyl groups is 1. The largest absolute Gasteiger partial charge is 0.462 e. The lowest BCUT2D eigenvalue weighted by molar-refractivity contribution is -0.161. The van der Waals surface area contributed by atoms with Crippen LogP contribution in [0.5, 0.6) is 0 Å². The van der Waals surface area contributed by atoms with Crippen molar-refractivity contribution in [2.45, 2.75) is 238 Å². The Kier molecular flexibility index (Phi) is 55.5. The molecule has 0 rings (SSSR count). The lowest BCUT2D eigenvalue weighted by Gasteiger charge is -2.15. The molecule has 5 nitrogen and oxygen atoms in total. The zero-order valence-electron chi connectivity index (χ0n) is 45.0. The molecule has 1 N–H and O–H groups in total. The van der Waals surface area contributed by atoms with E-state index in [0.717, 1.165) is 116 Å². The molecule has 0 radical (unpaired) electrons. The van der Waals surface area contributed by atoms with Crippen LogP contribution in [0.4, 0.5) is 0 Å². The summed E-state index contributed by atoms with van der Waals surface area (Å²) in [6, 6.07) is 0. The number of hydrogen-bond acceptors (Lipinski definition) is 5. The maximum atomic E-state index is 12.3. The number of carbonyl (C=O) groups excluding carboxylic acids is 2. The third kappa shape index (κ3) is 56.4. The van der Waals surface area contributed by atoms with Gasteiger partial charge in [-0.1, -0.05) is 243 Å². The van der Waals surface area contributed by atoms with Gasteiger partial charge >= 0.3 is 11.9 Å². The summed E-state index contributed by atoms with van der Waals surface area (Å²) in [7, 11) is 0. The number of allylic oxidation sites excluding steroid dienone is 24. The van der Waals surface area contributed by atoms with Gasteiger partial charge < -0.3 is 14.6 Å². The topological polar surface area (TPSA) is 72.8 Å². The highest BCUT2D eigenvalue weighted by atomic mass is 16.6. The minimum Gasteiger partial charge on any atom is -0.462 e. The normalized spacial score (nSPS) is 13.4. The van der Waals surface area contributed by atoms with Crippen molar-refractivity contribution in [3.05, 3.63) is 146 Å². The number of carbonyl (C=O) groups is 2. The number of aliphatic hydroxyl groups excluding tert-OH is 1. The second-order valence-electron chi connectivity index (χ2n) is 18.3. The van der Waals surface area contributed by atoms with Crippen molar-refractivity contribution < 1.29 is 24.2 Å². The first-order chi connectivity index (χ1) is 34.6. The summed E-state index contributed by atoms with van der Waals surface area (Å²) >= 11 is 0. The predicted octanol–water partition coefficient (Wildman–Crippen LogP) is 19.4. The molecule has 0 saturated heterocycles. The number of ether oxygens (including phenoxy) is 2. The van der Waals surface area contributed by atoms with E-state index in [4.69, 9.17) is 9.47 Å². The van der Waals surface area contributed by atoms with Gasteiger partial charge in [-0.2, -0.15) is 0 Å². The quantitative estimate of drug-likeness (QED) is 0.0374. The molecule has 0 heterocycles. The molecule has 0 aliphatic heterocycles. The molecule has 1 unspecified atom stereocenters. The zero-order chi connectivity index (χ0) is 50.6. The van der Waals surface area contributed by atoms with E-state index in [9.17, 15) is 14.7 Å². The average molecular weight is 966 g/mol. The van der Waals surface area contributed by atoms with Crippen molar-refractivity contribution in [2.24, 2.45) is 0 Å². The Bertz CT molecular complexity index is 1510. The van der Waals surface area contributed by atoms with Crippen LogP contribution in [0, 0.1) is 0 Å². The van der Waals surface area contributed by atoms with E-state index in [0.29, 0.717) is 12.8 Å². The molecule has 0 spiro atoms. The van der Waals surface area contributed by atoms with Crippen LogP contribution in [0.25, 0.3) is 0 Å². The number of unbranched alkanes of at least 4 members (excludes halogenated alkanes) is 18. The number of hydrogen-bond donors (Lipinski definition) is 1. The van der Waals surface area contributed by atoms with E-state index in [1.54, 1.807) is 0 Å². The molecule has 5 heteroatoms. The third-order valence-electron chi connectivity index (χ3n) is 11.6. The molecule has 0 aliphatic rings. The molecule has 0 aromatic heterocycles. The molecule has 394 valence electrons. The van der Waals surface area contributed by atoms with Crippen LogP contribution in [0.2, 0.25) is 0 Å². The van der Waals surface area contributed by atoms with Crippen molar-refractivity contribution >= 4 is 11.9 Å². The lowest BCUT2D eigenvalue weighted by Crippen LogP contribution is -2.28. The van der Waals surface area contributed by atoms with Gasteiger partial charge in [0.1, 0.15) is 6.61 Å². The minimum atomic E-state index is -0.801. The first-order valence-corrected chi connectivity index (χ1v) is 28.4. The molecular formula is C65H104O5. The molecule has 70 heavy (non-hydrogen) atoms. The third-order valence-corrected chi connectivity index (χ3v) is 11.6. The molecule has 0 aromatic carbocycles. The SMILES string of the molecule is CC/C=C\C/C=C\C/C=C\C/C=C\C/C=C\C/C=C\C/C=C\C/C=C\C/C=C\C/C=C\C/C=C\CCCCCC(=O)OC(CO)COC(=O)CCCCCCCCCCC/C=C\CCCCCCCC. The molecule has 0 fully saturated rings. The lowest BCUT2D eigenvalue weighted by atomic mass is 10.1. The van der Waals surface area contributed by atoms with Crippen LogP contribution in [-0.4, -0.2) is 36.4 Å². The summed E-state index contributed by atoms with van der Waals surface area (Å²) in [6.07, 6.45) is 89.5. The van der Waals surface area contributed by atoms with E-state index in [1.807, 2.05) is 0 Å². The van der Waals surface area contributed by atoms with E-state index >= 15 is 0 Å². The minimum absolute atomic E-state index is 0.0887. The van der Waals surface area contributed by atoms with Crippen LogP contribution in [0.3, 0.4) is 0 Å². The first kappa shape index (κ1) is 65.8. The number of esters is 2. The molecule has 0 amide bonds. The highest BCUT2D eigenvalue weighted by Crippen LogP contribution is 2.14. The smallest absolute Gasteiger partial charge is 0.306 e. The average Bonchev–Trinajstić information content (AvgIpc) is 3.36. The van der Waals surface area contributed by atoms with Crippen LogP contribution in [-0.2, 0) is 19.1 Å². The van der Waals surface area contributed by atoms with Gasteiger partial charge in [-0.25, -0.2) is 0 Å². The standard InChI is InChI=1S/C65H104O5/c1-3-5-7-9-11-13-15-17-19-21-23-24-25-26-27-28-29-30-31-32-33-34-35-36-37-38-39-40-42-44-46-48-50-52-54-56-58-60-65(68)70-63(61-66)62-69-64(67)59-57-55-53-51-49-47-45-43-41-22-20-18-16-14-12-10-8-6-4-2/h5,7,11,13,17-20,23-24,26-27,29-30,32-33,35-36,38-39,42,44,48,50,63,66H,3-4,6,8-10,12,14-16,21-22,25,28,31,34,37,40-41,43,45-47,49,51-62H2,1-2H3/b7-5-,13-11-,19-17-,20-18-,24-23-,27-26-,30-29-,33-32-,36-35-,39-38-,44-42-,50-48-. The van der Waals surface area contributed by atoms with Gasteiger partial charge in [0, 0.05) is 12.8 Å². The predicted molar refractivity (Wildman–Crippen MR) is 306 cm³/mol. The molecule has 0 aromatic rings. The van der Waals surface area contributed by atoms with Crippen molar-refractivity contribution in [2.75, 3.05) is 13.2 Å². The van der Waals surface area contributed by atoms with Crippen LogP contribution < -0.4 is 0 Å².